The van der Waals surface area contributed by atoms with Gasteiger partial charge < -0.3 is 0 Å². The fourth-order valence-electron chi connectivity index (χ4n) is 1.56. The van der Waals surface area contributed by atoms with Crippen molar-refractivity contribution >= 4 is 21.8 Å². The molecule has 14 heavy (non-hydrogen) atoms. The van der Waals surface area contributed by atoms with E-state index in [0.29, 0.717) is 0 Å². The molecule has 3 aromatic rings. The minimum Gasteiger partial charge on any atom is -0.264 e. The second kappa shape index (κ2) is 2.73. The number of hydrogen-bond acceptors (Lipinski definition) is 3. The Morgan fingerprint density at radius 2 is 1.93 bits per heavy atom. The van der Waals surface area contributed by atoms with Crippen molar-refractivity contribution in [2.75, 3.05) is 0 Å². The van der Waals surface area contributed by atoms with Gasteiger partial charge in [0, 0.05) is 35.6 Å². The first-order valence-corrected chi connectivity index (χ1v) is 4.38. The Labute approximate surface area is 80.5 Å². The molecule has 0 aliphatic rings. The second-order valence-corrected chi connectivity index (χ2v) is 3.09. The number of rotatable bonds is 0. The molecule has 0 aliphatic carbocycles. The molecule has 0 saturated heterocycles. The highest BCUT2D eigenvalue weighted by Gasteiger charge is 2.00. The van der Waals surface area contributed by atoms with Crippen LogP contribution in [-0.2, 0) is 0 Å². The van der Waals surface area contributed by atoms with Gasteiger partial charge in [0.25, 0.3) is 0 Å². The lowest BCUT2D eigenvalue weighted by molar-refractivity contribution is 1.33. The SMILES string of the molecule is c1cnc2c(c1)ncc1ccncc12. The van der Waals surface area contributed by atoms with Gasteiger partial charge >= 0.3 is 0 Å². The monoisotopic (exact) mass is 181 g/mol. The predicted octanol–water partition coefficient (Wildman–Crippen LogP) is 2.18. The van der Waals surface area contributed by atoms with Crippen LogP contribution >= 0.6 is 0 Å². The van der Waals surface area contributed by atoms with Crippen molar-refractivity contribution in [1.82, 2.24) is 15.0 Å². The number of fused-ring (bicyclic) bond motifs is 3. The van der Waals surface area contributed by atoms with Crippen molar-refractivity contribution in [3.63, 3.8) is 0 Å². The average molecular weight is 181 g/mol. The maximum Gasteiger partial charge on any atom is 0.0980 e. The fourth-order valence-corrected chi connectivity index (χ4v) is 1.56. The molecule has 3 aromatic heterocycles. The van der Waals surface area contributed by atoms with E-state index in [-0.39, 0.29) is 0 Å². The highest BCUT2D eigenvalue weighted by Crippen LogP contribution is 2.19. The Bertz CT molecular complexity index is 550. The van der Waals surface area contributed by atoms with Crippen molar-refractivity contribution in [2.24, 2.45) is 0 Å². The summed E-state index contributed by atoms with van der Waals surface area (Å²) < 4.78 is 0. The van der Waals surface area contributed by atoms with Crippen LogP contribution < -0.4 is 0 Å². The number of hydrogen-bond donors (Lipinski definition) is 0. The summed E-state index contributed by atoms with van der Waals surface area (Å²) >= 11 is 0. The van der Waals surface area contributed by atoms with Gasteiger partial charge in [-0.15, -0.1) is 0 Å². The standard InChI is InChI=1S/C11H7N3/c1-2-10-11(13-4-1)9-7-12-5-3-8(9)6-14-10/h1-7H. The van der Waals surface area contributed by atoms with Gasteiger partial charge in [-0.2, -0.15) is 0 Å². The third-order valence-corrected chi connectivity index (χ3v) is 2.24. The van der Waals surface area contributed by atoms with Gasteiger partial charge in [-0.3, -0.25) is 15.0 Å². The van der Waals surface area contributed by atoms with E-state index in [1.165, 1.54) is 0 Å². The molecule has 3 heteroatoms. The summed E-state index contributed by atoms with van der Waals surface area (Å²) in [5.74, 6) is 0. The van der Waals surface area contributed by atoms with Crippen LogP contribution in [-0.4, -0.2) is 15.0 Å². The van der Waals surface area contributed by atoms with E-state index in [2.05, 4.69) is 15.0 Å². The molecule has 0 saturated carbocycles. The Hall–Kier alpha value is -2.03. The normalized spacial score (nSPS) is 10.9. The molecule has 3 heterocycles. The van der Waals surface area contributed by atoms with Crippen molar-refractivity contribution in [1.29, 1.82) is 0 Å². The first-order valence-electron chi connectivity index (χ1n) is 4.38. The summed E-state index contributed by atoms with van der Waals surface area (Å²) in [6, 6.07) is 5.78. The van der Waals surface area contributed by atoms with Crippen molar-refractivity contribution in [3.8, 4) is 0 Å². The lowest BCUT2D eigenvalue weighted by atomic mass is 10.2. The fraction of sp³-hybridized carbons (Fsp3) is 0. The molecule has 0 amide bonds. The summed E-state index contributed by atoms with van der Waals surface area (Å²) in [4.78, 5) is 12.7. The molecule has 0 aliphatic heterocycles. The van der Waals surface area contributed by atoms with Crippen LogP contribution in [0.5, 0.6) is 0 Å². The maximum absolute atomic E-state index is 4.32. The minimum absolute atomic E-state index is 0.910. The zero-order chi connectivity index (χ0) is 9.38. The smallest absolute Gasteiger partial charge is 0.0980 e. The van der Waals surface area contributed by atoms with Crippen LogP contribution in [0, 0.1) is 0 Å². The molecule has 0 N–H and O–H groups in total. The van der Waals surface area contributed by atoms with Crippen molar-refractivity contribution in [2.45, 2.75) is 0 Å². The Kier molecular flexibility index (Phi) is 1.44. The second-order valence-electron chi connectivity index (χ2n) is 3.09. The van der Waals surface area contributed by atoms with E-state index >= 15 is 0 Å². The zero-order valence-corrected chi connectivity index (χ0v) is 7.38. The highest BCUT2D eigenvalue weighted by atomic mass is 14.7. The third-order valence-electron chi connectivity index (χ3n) is 2.24. The molecular weight excluding hydrogens is 174 g/mol. The first-order chi connectivity index (χ1) is 6.95. The molecule has 3 nitrogen and oxygen atoms in total. The number of pyridine rings is 3. The largest absolute Gasteiger partial charge is 0.264 e. The molecule has 3 rings (SSSR count). The van der Waals surface area contributed by atoms with E-state index in [1.54, 1.807) is 12.4 Å². The summed E-state index contributed by atoms with van der Waals surface area (Å²) in [5.41, 5.74) is 1.83. The van der Waals surface area contributed by atoms with Gasteiger partial charge in [0.1, 0.15) is 0 Å². The Morgan fingerprint density at radius 3 is 2.93 bits per heavy atom. The molecule has 0 bridgehead atoms. The number of nitrogens with zero attached hydrogens (tertiary/aromatic N) is 3. The van der Waals surface area contributed by atoms with Crippen LogP contribution in [0.15, 0.2) is 43.0 Å². The van der Waals surface area contributed by atoms with E-state index in [4.69, 9.17) is 0 Å². The van der Waals surface area contributed by atoms with Gasteiger partial charge in [-0.25, -0.2) is 0 Å². The van der Waals surface area contributed by atoms with Crippen LogP contribution in [0.25, 0.3) is 21.8 Å². The molecule has 66 valence electrons. The first kappa shape index (κ1) is 7.38. The van der Waals surface area contributed by atoms with Gasteiger partial charge in [-0.05, 0) is 18.2 Å². The summed E-state index contributed by atoms with van der Waals surface area (Å²) in [6.07, 6.45) is 7.21. The van der Waals surface area contributed by atoms with Crippen LogP contribution in [0.1, 0.15) is 0 Å². The Morgan fingerprint density at radius 1 is 0.929 bits per heavy atom. The van der Waals surface area contributed by atoms with Crippen LogP contribution in [0.2, 0.25) is 0 Å². The van der Waals surface area contributed by atoms with Crippen molar-refractivity contribution < 1.29 is 0 Å². The molecule has 0 aromatic carbocycles. The third kappa shape index (κ3) is 0.956. The highest BCUT2D eigenvalue weighted by molar-refractivity contribution is 6.02. The summed E-state index contributed by atoms with van der Waals surface area (Å²) in [7, 11) is 0. The summed E-state index contributed by atoms with van der Waals surface area (Å²) in [6.45, 7) is 0. The van der Waals surface area contributed by atoms with E-state index in [1.807, 2.05) is 30.6 Å². The molecule has 0 atom stereocenters. The maximum atomic E-state index is 4.32. The van der Waals surface area contributed by atoms with Crippen LogP contribution in [0.4, 0.5) is 0 Å². The van der Waals surface area contributed by atoms with Crippen LogP contribution in [0.3, 0.4) is 0 Å². The minimum atomic E-state index is 0.910. The van der Waals surface area contributed by atoms with Gasteiger partial charge in [0.05, 0.1) is 11.0 Å². The van der Waals surface area contributed by atoms with E-state index < -0.39 is 0 Å². The summed E-state index contributed by atoms with van der Waals surface area (Å²) in [5, 5.41) is 2.13. The zero-order valence-electron chi connectivity index (χ0n) is 7.38. The molecule has 0 unspecified atom stereocenters. The van der Waals surface area contributed by atoms with E-state index in [0.717, 1.165) is 21.8 Å². The number of aromatic nitrogens is 3. The quantitative estimate of drug-likeness (QED) is 0.499. The lowest BCUT2D eigenvalue weighted by Crippen LogP contribution is -1.84. The Balaban J connectivity index is 2.61. The average Bonchev–Trinajstić information content (AvgIpc) is 2.29. The van der Waals surface area contributed by atoms with Crippen molar-refractivity contribution in [3.05, 3.63) is 43.0 Å². The van der Waals surface area contributed by atoms with Gasteiger partial charge in [0.2, 0.25) is 0 Å². The molecule has 0 spiro atoms. The molecular formula is C11H7N3. The van der Waals surface area contributed by atoms with Gasteiger partial charge in [0.15, 0.2) is 0 Å². The predicted molar refractivity (Wildman–Crippen MR) is 54.8 cm³/mol. The molecule has 0 fully saturated rings. The topological polar surface area (TPSA) is 38.7 Å². The van der Waals surface area contributed by atoms with Gasteiger partial charge in [-0.1, -0.05) is 0 Å². The van der Waals surface area contributed by atoms with E-state index in [9.17, 15) is 0 Å². The lowest BCUT2D eigenvalue weighted by Gasteiger charge is -1.99. The molecule has 0 radical (unpaired) electrons.